The van der Waals surface area contributed by atoms with Crippen molar-refractivity contribution in [2.75, 3.05) is 20.3 Å². The molecule has 0 aromatic heterocycles. The lowest BCUT2D eigenvalue weighted by atomic mass is 9.77. The van der Waals surface area contributed by atoms with E-state index in [9.17, 15) is 4.79 Å². The summed E-state index contributed by atoms with van der Waals surface area (Å²) in [4.78, 5) is 12.4. The Morgan fingerprint density at radius 3 is 2.64 bits per heavy atom. The molecule has 1 aliphatic heterocycles. The number of fused-ring (bicyclic) bond motifs is 3. The molecule has 0 saturated heterocycles. The molecule has 0 saturated carbocycles. The summed E-state index contributed by atoms with van der Waals surface area (Å²) in [5, 5.41) is 15.3. The molecule has 2 aromatic carbocycles. The van der Waals surface area contributed by atoms with Crippen LogP contribution in [-0.4, -0.2) is 42.1 Å². The standard InChI is InChI=1S/C22H24N2O4/c1-14(26)24-22(16-4-7-17(8-5-16)28-12-11-25)19-10-6-15-3-9-18(27-2)13-20(15)21(19)23-24/h3-5,7-9,13,19,22,25H,6,10-12H2,1-2H3/t19-,22+/m1/s1. The van der Waals surface area contributed by atoms with E-state index in [1.165, 1.54) is 5.56 Å². The van der Waals surface area contributed by atoms with Crippen molar-refractivity contribution >= 4 is 11.6 Å². The third-order valence-electron chi connectivity index (χ3n) is 5.43. The maximum atomic E-state index is 12.4. The molecule has 1 aliphatic carbocycles. The largest absolute Gasteiger partial charge is 0.497 e. The molecular weight excluding hydrogens is 356 g/mol. The summed E-state index contributed by atoms with van der Waals surface area (Å²) in [5.41, 5.74) is 4.31. The summed E-state index contributed by atoms with van der Waals surface area (Å²) < 4.78 is 10.8. The predicted molar refractivity (Wildman–Crippen MR) is 106 cm³/mol. The molecular formula is C22H24N2O4. The third kappa shape index (κ3) is 3.24. The van der Waals surface area contributed by atoms with Gasteiger partial charge in [-0.05, 0) is 48.2 Å². The smallest absolute Gasteiger partial charge is 0.240 e. The Morgan fingerprint density at radius 2 is 1.96 bits per heavy atom. The van der Waals surface area contributed by atoms with Crippen molar-refractivity contribution in [1.82, 2.24) is 5.01 Å². The molecule has 0 spiro atoms. The number of nitrogens with zero attached hydrogens (tertiary/aromatic N) is 2. The van der Waals surface area contributed by atoms with Crippen molar-refractivity contribution in [2.45, 2.75) is 25.8 Å². The molecule has 2 aromatic rings. The van der Waals surface area contributed by atoms with Gasteiger partial charge >= 0.3 is 0 Å². The van der Waals surface area contributed by atoms with Crippen LogP contribution in [0.4, 0.5) is 0 Å². The second kappa shape index (κ2) is 7.64. The van der Waals surface area contributed by atoms with E-state index in [2.05, 4.69) is 6.07 Å². The first kappa shape index (κ1) is 18.5. The van der Waals surface area contributed by atoms with Crippen LogP contribution in [0.3, 0.4) is 0 Å². The number of aryl methyl sites for hydroxylation is 1. The molecule has 28 heavy (non-hydrogen) atoms. The Morgan fingerprint density at radius 1 is 1.21 bits per heavy atom. The van der Waals surface area contributed by atoms with Crippen molar-refractivity contribution in [3.8, 4) is 11.5 Å². The van der Waals surface area contributed by atoms with E-state index in [1.54, 1.807) is 19.0 Å². The zero-order valence-electron chi connectivity index (χ0n) is 16.1. The van der Waals surface area contributed by atoms with Crippen molar-refractivity contribution in [1.29, 1.82) is 0 Å². The summed E-state index contributed by atoms with van der Waals surface area (Å²) in [6.45, 7) is 1.79. The van der Waals surface area contributed by atoms with Gasteiger partial charge in [0, 0.05) is 18.4 Å². The van der Waals surface area contributed by atoms with Crippen LogP contribution in [0.1, 0.15) is 36.1 Å². The van der Waals surface area contributed by atoms with Crippen LogP contribution in [0.15, 0.2) is 47.6 Å². The van der Waals surface area contributed by atoms with Crippen molar-refractivity contribution in [3.63, 3.8) is 0 Å². The van der Waals surface area contributed by atoms with Gasteiger partial charge in [0.15, 0.2) is 0 Å². The fourth-order valence-corrected chi connectivity index (χ4v) is 4.14. The zero-order chi connectivity index (χ0) is 19.7. The molecule has 4 rings (SSSR count). The topological polar surface area (TPSA) is 71.4 Å². The van der Waals surface area contributed by atoms with Gasteiger partial charge in [-0.1, -0.05) is 18.2 Å². The number of carbonyl (C=O) groups excluding carboxylic acids is 1. The summed E-state index contributed by atoms with van der Waals surface area (Å²) in [5.74, 6) is 1.57. The highest BCUT2D eigenvalue weighted by molar-refractivity contribution is 6.07. The maximum Gasteiger partial charge on any atom is 0.240 e. The molecule has 2 aliphatic rings. The Balaban J connectivity index is 1.69. The van der Waals surface area contributed by atoms with E-state index in [0.29, 0.717) is 5.75 Å². The number of rotatable bonds is 5. The second-order valence-electron chi connectivity index (χ2n) is 7.10. The van der Waals surface area contributed by atoms with Crippen LogP contribution in [0.25, 0.3) is 0 Å². The lowest BCUT2D eigenvalue weighted by molar-refractivity contribution is -0.131. The van der Waals surface area contributed by atoms with Gasteiger partial charge in [-0.2, -0.15) is 5.10 Å². The van der Waals surface area contributed by atoms with Crippen LogP contribution in [0.5, 0.6) is 11.5 Å². The van der Waals surface area contributed by atoms with Gasteiger partial charge in [-0.15, -0.1) is 0 Å². The number of hydrogen-bond acceptors (Lipinski definition) is 5. The molecule has 146 valence electrons. The van der Waals surface area contributed by atoms with Gasteiger partial charge in [0.25, 0.3) is 0 Å². The molecule has 0 bridgehead atoms. The van der Waals surface area contributed by atoms with Gasteiger partial charge in [-0.25, -0.2) is 5.01 Å². The molecule has 0 unspecified atom stereocenters. The van der Waals surface area contributed by atoms with Crippen molar-refractivity contribution in [3.05, 3.63) is 59.2 Å². The van der Waals surface area contributed by atoms with Gasteiger partial charge in [0.2, 0.25) is 5.91 Å². The minimum atomic E-state index is -0.126. The van der Waals surface area contributed by atoms with E-state index < -0.39 is 0 Å². The van der Waals surface area contributed by atoms with Gasteiger partial charge in [-0.3, -0.25) is 4.79 Å². The van der Waals surface area contributed by atoms with Crippen molar-refractivity contribution in [2.24, 2.45) is 11.0 Å². The SMILES string of the molecule is COc1ccc2c(c1)C1=NN(C(C)=O)[C@@H](c3ccc(OCCO)cc3)[C@@H]1CC2. The van der Waals surface area contributed by atoms with E-state index in [0.717, 1.165) is 35.4 Å². The van der Waals surface area contributed by atoms with Crippen LogP contribution in [0.2, 0.25) is 0 Å². The number of hydrogen-bond donors (Lipinski definition) is 1. The third-order valence-corrected chi connectivity index (χ3v) is 5.43. The highest BCUT2D eigenvalue weighted by atomic mass is 16.5. The highest BCUT2D eigenvalue weighted by Gasteiger charge is 2.43. The van der Waals surface area contributed by atoms with E-state index in [4.69, 9.17) is 19.7 Å². The number of carbonyl (C=O) groups is 1. The van der Waals surface area contributed by atoms with Gasteiger partial charge in [0.1, 0.15) is 18.1 Å². The number of aliphatic hydroxyl groups excluding tert-OH is 1. The van der Waals surface area contributed by atoms with Crippen LogP contribution < -0.4 is 9.47 Å². The second-order valence-corrected chi connectivity index (χ2v) is 7.10. The quantitative estimate of drug-likeness (QED) is 0.866. The number of aliphatic hydroxyl groups is 1. The summed E-state index contributed by atoms with van der Waals surface area (Å²) in [7, 11) is 1.66. The number of methoxy groups -OCH3 is 1. The molecule has 0 radical (unpaired) electrons. The predicted octanol–water partition coefficient (Wildman–Crippen LogP) is 2.94. The monoisotopic (exact) mass is 380 g/mol. The maximum absolute atomic E-state index is 12.4. The molecule has 6 nitrogen and oxygen atoms in total. The van der Waals surface area contributed by atoms with Crippen LogP contribution in [0, 0.1) is 5.92 Å². The van der Waals surface area contributed by atoms with Gasteiger partial charge in [0.05, 0.1) is 25.5 Å². The lowest BCUT2D eigenvalue weighted by Gasteiger charge is -2.29. The Kier molecular flexibility index (Phi) is 5.05. The molecule has 1 amide bonds. The van der Waals surface area contributed by atoms with Crippen LogP contribution in [-0.2, 0) is 11.2 Å². The number of benzene rings is 2. The molecule has 1 heterocycles. The average molecular weight is 380 g/mol. The van der Waals surface area contributed by atoms with Gasteiger partial charge < -0.3 is 14.6 Å². The minimum Gasteiger partial charge on any atom is -0.497 e. The first-order chi connectivity index (χ1) is 13.6. The lowest BCUT2D eigenvalue weighted by Crippen LogP contribution is -2.31. The fourth-order valence-electron chi connectivity index (χ4n) is 4.14. The summed E-state index contributed by atoms with van der Waals surface area (Å²) in [6.07, 6.45) is 1.89. The minimum absolute atomic E-state index is 0.0232. The average Bonchev–Trinajstić information content (AvgIpc) is 3.12. The Labute approximate surface area is 164 Å². The normalized spacial score (nSPS) is 20.2. The first-order valence-corrected chi connectivity index (χ1v) is 9.51. The zero-order valence-corrected chi connectivity index (χ0v) is 16.1. The number of hydrazone groups is 1. The first-order valence-electron chi connectivity index (χ1n) is 9.51. The van der Waals surface area contributed by atoms with Crippen LogP contribution >= 0.6 is 0 Å². The van der Waals surface area contributed by atoms with E-state index in [1.807, 2.05) is 36.4 Å². The molecule has 2 atom stereocenters. The highest BCUT2D eigenvalue weighted by Crippen LogP contribution is 2.44. The number of amides is 1. The molecule has 6 heteroatoms. The van der Waals surface area contributed by atoms with E-state index >= 15 is 0 Å². The van der Waals surface area contributed by atoms with E-state index in [-0.39, 0.29) is 31.1 Å². The van der Waals surface area contributed by atoms with Crippen molar-refractivity contribution < 1.29 is 19.4 Å². The summed E-state index contributed by atoms with van der Waals surface area (Å²) in [6, 6.07) is 13.7. The Bertz CT molecular complexity index is 907. The fraction of sp³-hybridized carbons (Fsp3) is 0.364. The molecule has 0 fully saturated rings. The Hall–Kier alpha value is -2.86. The summed E-state index contributed by atoms with van der Waals surface area (Å²) >= 11 is 0. The molecule has 1 N–H and O–H groups in total. The number of ether oxygens (including phenoxy) is 2.